The first-order valence-corrected chi connectivity index (χ1v) is 3.26. The minimum Gasteiger partial charge on any atom is -0.303 e. The number of aldehydes is 1. The van der Waals surface area contributed by atoms with E-state index in [0.29, 0.717) is 12.8 Å². The van der Waals surface area contributed by atoms with Crippen LogP contribution in [0.5, 0.6) is 0 Å². The topological polar surface area (TPSA) is 60.2 Å². The van der Waals surface area contributed by atoms with Crippen molar-refractivity contribution in [3.05, 3.63) is 10.1 Å². The third-order valence-electron chi connectivity index (χ3n) is 1.41. The molecule has 0 aromatic heterocycles. The van der Waals surface area contributed by atoms with Gasteiger partial charge in [-0.05, 0) is 6.42 Å². The average Bonchev–Trinajstić information content (AvgIpc) is 1.86. The number of carbonyl (C=O) groups is 1. The predicted molar refractivity (Wildman–Crippen MR) is 36.3 cm³/mol. The molecule has 4 heteroatoms. The molecule has 0 radical (unpaired) electrons. The Hall–Kier alpha value is -0.930. The quantitative estimate of drug-likeness (QED) is 0.327. The van der Waals surface area contributed by atoms with Crippen molar-refractivity contribution in [1.29, 1.82) is 0 Å². The Bertz CT molecular complexity index is 124. The number of hydrogen-bond acceptors (Lipinski definition) is 3. The highest BCUT2D eigenvalue weighted by molar-refractivity contribution is 5.49. The minimum atomic E-state index is -0.377. The molecular formula is C6H11NO3. The van der Waals surface area contributed by atoms with Crippen molar-refractivity contribution in [3.63, 3.8) is 0 Å². The van der Waals surface area contributed by atoms with Gasteiger partial charge in [0.2, 0.25) is 6.54 Å². The van der Waals surface area contributed by atoms with Gasteiger partial charge < -0.3 is 4.79 Å². The molecular weight excluding hydrogens is 134 g/mol. The molecule has 4 nitrogen and oxygen atoms in total. The number of hydrogen-bond donors (Lipinski definition) is 0. The highest BCUT2D eigenvalue weighted by Crippen LogP contribution is 2.05. The molecule has 0 saturated carbocycles. The largest absolute Gasteiger partial charge is 0.303 e. The molecule has 10 heavy (non-hydrogen) atoms. The molecule has 0 aliphatic carbocycles. The lowest BCUT2D eigenvalue weighted by Gasteiger charge is -2.03. The smallest absolute Gasteiger partial charge is 0.207 e. The summed E-state index contributed by atoms with van der Waals surface area (Å²) >= 11 is 0. The van der Waals surface area contributed by atoms with Gasteiger partial charge in [-0.2, -0.15) is 0 Å². The van der Waals surface area contributed by atoms with Crippen LogP contribution in [0, 0.1) is 16.0 Å². The molecule has 0 rings (SSSR count). The van der Waals surface area contributed by atoms with Gasteiger partial charge in [0.15, 0.2) is 0 Å². The van der Waals surface area contributed by atoms with E-state index in [1.54, 1.807) is 0 Å². The second-order valence-corrected chi connectivity index (χ2v) is 2.19. The fourth-order valence-corrected chi connectivity index (χ4v) is 0.717. The van der Waals surface area contributed by atoms with E-state index in [-0.39, 0.29) is 17.4 Å². The second-order valence-electron chi connectivity index (χ2n) is 2.19. The second kappa shape index (κ2) is 4.90. The van der Waals surface area contributed by atoms with Crippen molar-refractivity contribution in [3.8, 4) is 0 Å². The molecule has 1 atom stereocenters. The summed E-state index contributed by atoms with van der Waals surface area (Å²) in [7, 11) is 0. The van der Waals surface area contributed by atoms with Crippen molar-refractivity contribution in [2.24, 2.45) is 5.92 Å². The highest BCUT2D eigenvalue weighted by Gasteiger charge is 2.11. The molecule has 0 amide bonds. The van der Waals surface area contributed by atoms with Crippen LogP contribution >= 0.6 is 0 Å². The van der Waals surface area contributed by atoms with Crippen LogP contribution < -0.4 is 0 Å². The van der Waals surface area contributed by atoms with Crippen LogP contribution in [0.1, 0.15) is 19.8 Å². The van der Waals surface area contributed by atoms with Crippen LogP contribution in [-0.4, -0.2) is 17.8 Å². The molecule has 0 spiro atoms. The zero-order chi connectivity index (χ0) is 7.98. The third kappa shape index (κ3) is 4.00. The van der Waals surface area contributed by atoms with Gasteiger partial charge >= 0.3 is 0 Å². The standard InChI is InChI=1S/C6H11NO3/c1-2-6(3-4-8)5-7(9)10/h4,6H,2-3,5H2,1H3/t6-/m1/s1. The van der Waals surface area contributed by atoms with E-state index in [9.17, 15) is 14.9 Å². The molecule has 0 saturated heterocycles. The van der Waals surface area contributed by atoms with Crippen LogP contribution in [0.3, 0.4) is 0 Å². The Morgan fingerprint density at radius 2 is 2.30 bits per heavy atom. The summed E-state index contributed by atoms with van der Waals surface area (Å²) in [4.78, 5) is 19.5. The average molecular weight is 145 g/mol. The maximum absolute atomic E-state index is 9.93. The van der Waals surface area contributed by atoms with E-state index in [4.69, 9.17) is 0 Å². The van der Waals surface area contributed by atoms with E-state index in [0.717, 1.165) is 6.29 Å². The monoisotopic (exact) mass is 145 g/mol. The Kier molecular flexibility index (Phi) is 4.45. The highest BCUT2D eigenvalue weighted by atomic mass is 16.6. The van der Waals surface area contributed by atoms with Crippen molar-refractivity contribution in [2.45, 2.75) is 19.8 Å². The Morgan fingerprint density at radius 1 is 1.70 bits per heavy atom. The number of rotatable bonds is 5. The Balaban J connectivity index is 3.59. The van der Waals surface area contributed by atoms with Gasteiger partial charge in [-0.15, -0.1) is 0 Å². The first-order chi connectivity index (χ1) is 4.70. The summed E-state index contributed by atoms with van der Waals surface area (Å²) in [5.74, 6) is -0.0764. The van der Waals surface area contributed by atoms with E-state index in [2.05, 4.69) is 0 Å². The normalized spacial score (nSPS) is 12.5. The molecule has 58 valence electrons. The number of nitrogens with zero attached hydrogens (tertiary/aromatic N) is 1. The minimum absolute atomic E-state index is 0.0764. The molecule has 0 aromatic rings. The Labute approximate surface area is 59.4 Å². The molecule has 0 unspecified atom stereocenters. The first kappa shape index (κ1) is 9.07. The maximum atomic E-state index is 9.93. The van der Waals surface area contributed by atoms with Crippen molar-refractivity contribution >= 4 is 6.29 Å². The predicted octanol–water partition coefficient (Wildman–Crippen LogP) is 0.878. The summed E-state index contributed by atoms with van der Waals surface area (Å²) < 4.78 is 0. The van der Waals surface area contributed by atoms with E-state index >= 15 is 0 Å². The molecule has 0 N–H and O–H groups in total. The summed E-state index contributed by atoms with van der Waals surface area (Å²) in [6.45, 7) is 1.76. The van der Waals surface area contributed by atoms with Gasteiger partial charge in [0.05, 0.1) is 0 Å². The lowest BCUT2D eigenvalue weighted by Crippen LogP contribution is -2.13. The molecule has 0 aliphatic rings. The summed E-state index contributed by atoms with van der Waals surface area (Å²) in [6, 6.07) is 0. The lowest BCUT2D eigenvalue weighted by molar-refractivity contribution is -0.488. The fourth-order valence-electron chi connectivity index (χ4n) is 0.717. The van der Waals surface area contributed by atoms with Gasteiger partial charge in [0, 0.05) is 17.3 Å². The molecule has 0 heterocycles. The SMILES string of the molecule is CC[C@H](CC=O)C[N+](=O)[O-]. The van der Waals surface area contributed by atoms with Gasteiger partial charge in [-0.25, -0.2) is 0 Å². The molecule has 0 fully saturated rings. The fraction of sp³-hybridized carbons (Fsp3) is 0.833. The number of nitro groups is 1. The van der Waals surface area contributed by atoms with Gasteiger partial charge in [-0.3, -0.25) is 10.1 Å². The van der Waals surface area contributed by atoms with Gasteiger partial charge in [0.25, 0.3) is 0 Å². The van der Waals surface area contributed by atoms with Crippen molar-refractivity contribution in [1.82, 2.24) is 0 Å². The summed E-state index contributed by atoms with van der Waals surface area (Å²) in [6.07, 6.45) is 1.73. The molecule has 0 aliphatic heterocycles. The van der Waals surface area contributed by atoms with Crippen LogP contribution in [0.25, 0.3) is 0 Å². The van der Waals surface area contributed by atoms with Crippen molar-refractivity contribution < 1.29 is 9.72 Å². The maximum Gasteiger partial charge on any atom is 0.207 e. The molecule has 0 bridgehead atoms. The number of carbonyl (C=O) groups excluding carboxylic acids is 1. The van der Waals surface area contributed by atoms with E-state index in [1.807, 2.05) is 6.92 Å². The zero-order valence-corrected chi connectivity index (χ0v) is 5.95. The van der Waals surface area contributed by atoms with Crippen molar-refractivity contribution in [2.75, 3.05) is 6.54 Å². The summed E-state index contributed by atoms with van der Waals surface area (Å²) in [5.41, 5.74) is 0. The van der Waals surface area contributed by atoms with Crippen LogP contribution in [0.2, 0.25) is 0 Å². The lowest BCUT2D eigenvalue weighted by atomic mass is 10.0. The van der Waals surface area contributed by atoms with Crippen LogP contribution in [-0.2, 0) is 4.79 Å². The Morgan fingerprint density at radius 3 is 2.60 bits per heavy atom. The van der Waals surface area contributed by atoms with Crippen LogP contribution in [0.4, 0.5) is 0 Å². The third-order valence-corrected chi connectivity index (χ3v) is 1.41. The van der Waals surface area contributed by atoms with Gasteiger partial charge in [0.1, 0.15) is 6.29 Å². The first-order valence-electron chi connectivity index (χ1n) is 3.26. The van der Waals surface area contributed by atoms with E-state index in [1.165, 1.54) is 0 Å². The van der Waals surface area contributed by atoms with Crippen LogP contribution in [0.15, 0.2) is 0 Å². The van der Waals surface area contributed by atoms with Gasteiger partial charge in [-0.1, -0.05) is 6.92 Å². The molecule has 0 aromatic carbocycles. The summed E-state index contributed by atoms with van der Waals surface area (Å²) in [5, 5.41) is 9.93. The van der Waals surface area contributed by atoms with E-state index < -0.39 is 0 Å². The zero-order valence-electron chi connectivity index (χ0n) is 5.95.